The van der Waals surface area contributed by atoms with Gasteiger partial charge >= 0.3 is 5.69 Å². The first-order valence-corrected chi connectivity index (χ1v) is 7.79. The number of rotatable bonds is 6. The largest absolute Gasteiger partial charge is 0.497 e. The molecule has 8 heteroatoms. The van der Waals surface area contributed by atoms with Crippen LogP contribution in [0.25, 0.3) is 0 Å². The van der Waals surface area contributed by atoms with Crippen LogP contribution in [0.2, 0.25) is 0 Å². The van der Waals surface area contributed by atoms with Gasteiger partial charge in [0.05, 0.1) is 26.5 Å². The van der Waals surface area contributed by atoms with E-state index in [0.29, 0.717) is 12.3 Å². The summed E-state index contributed by atoms with van der Waals surface area (Å²) >= 11 is 0. The van der Waals surface area contributed by atoms with Crippen molar-refractivity contribution in [1.82, 2.24) is 9.55 Å². The minimum Gasteiger partial charge on any atom is -0.497 e. The van der Waals surface area contributed by atoms with Crippen molar-refractivity contribution in [2.75, 3.05) is 7.11 Å². The molecule has 134 valence electrons. The highest BCUT2D eigenvalue weighted by atomic mass is 16.5. The third-order valence-electron chi connectivity index (χ3n) is 3.75. The van der Waals surface area contributed by atoms with Crippen molar-refractivity contribution in [2.24, 2.45) is 4.99 Å². The molecule has 0 fully saturated rings. The van der Waals surface area contributed by atoms with Crippen LogP contribution in [0.3, 0.4) is 0 Å². The van der Waals surface area contributed by atoms with E-state index < -0.39 is 17.1 Å². The molecule has 0 aliphatic heterocycles. The fraction of sp³-hybridized carbons (Fsp3) is 0.167. The summed E-state index contributed by atoms with van der Waals surface area (Å²) in [4.78, 5) is 30.3. The van der Waals surface area contributed by atoms with Crippen LogP contribution in [-0.2, 0) is 13.1 Å². The van der Waals surface area contributed by atoms with Crippen molar-refractivity contribution >= 4 is 6.21 Å². The Balaban J connectivity index is 1.84. The van der Waals surface area contributed by atoms with Crippen molar-refractivity contribution in [3.63, 3.8) is 0 Å². The SMILES string of the molecule is COc1ccc(CN=Cc2c(O)n(Cc3ccco3)c(=O)[nH]c2=O)cc1. The number of nitrogens with zero attached hydrogens (tertiary/aromatic N) is 2. The molecule has 0 spiro atoms. The summed E-state index contributed by atoms with van der Waals surface area (Å²) in [6, 6.07) is 10.6. The molecule has 0 aliphatic rings. The van der Waals surface area contributed by atoms with Crippen molar-refractivity contribution in [3.8, 4) is 11.6 Å². The molecule has 8 nitrogen and oxygen atoms in total. The smallest absolute Gasteiger partial charge is 0.331 e. The van der Waals surface area contributed by atoms with E-state index in [0.717, 1.165) is 15.9 Å². The second-order valence-electron chi connectivity index (χ2n) is 5.48. The average Bonchev–Trinajstić information content (AvgIpc) is 3.15. The van der Waals surface area contributed by atoms with Crippen LogP contribution < -0.4 is 16.0 Å². The number of aromatic nitrogens is 2. The van der Waals surface area contributed by atoms with Gasteiger partial charge in [-0.2, -0.15) is 0 Å². The topological polar surface area (TPSA) is 110 Å². The van der Waals surface area contributed by atoms with Gasteiger partial charge < -0.3 is 14.3 Å². The molecular weight excluding hydrogens is 338 g/mol. The predicted molar refractivity (Wildman–Crippen MR) is 95.1 cm³/mol. The molecular formula is C18H17N3O5. The summed E-state index contributed by atoms with van der Waals surface area (Å²) in [5.74, 6) is 0.737. The van der Waals surface area contributed by atoms with Gasteiger partial charge in [-0.1, -0.05) is 12.1 Å². The molecule has 1 aromatic carbocycles. The summed E-state index contributed by atoms with van der Waals surface area (Å²) in [5, 5.41) is 10.3. The third-order valence-corrected chi connectivity index (χ3v) is 3.75. The van der Waals surface area contributed by atoms with E-state index >= 15 is 0 Å². The van der Waals surface area contributed by atoms with Gasteiger partial charge in [0.2, 0.25) is 5.88 Å². The lowest BCUT2D eigenvalue weighted by atomic mass is 10.2. The van der Waals surface area contributed by atoms with Crippen LogP contribution in [0.15, 0.2) is 61.7 Å². The zero-order valence-electron chi connectivity index (χ0n) is 14.0. The molecule has 0 bridgehead atoms. The van der Waals surface area contributed by atoms with Crippen LogP contribution >= 0.6 is 0 Å². The summed E-state index contributed by atoms with van der Waals surface area (Å²) in [7, 11) is 1.58. The first-order valence-electron chi connectivity index (χ1n) is 7.79. The number of H-pyrrole nitrogens is 1. The minimum absolute atomic E-state index is 0.00618. The van der Waals surface area contributed by atoms with Crippen LogP contribution in [0.5, 0.6) is 11.6 Å². The Bertz CT molecular complexity index is 1010. The number of hydrogen-bond acceptors (Lipinski definition) is 6. The maximum Gasteiger partial charge on any atom is 0.331 e. The number of benzene rings is 1. The van der Waals surface area contributed by atoms with Crippen LogP contribution in [0, 0.1) is 0 Å². The highest BCUT2D eigenvalue weighted by molar-refractivity contribution is 5.81. The number of furan rings is 1. The van der Waals surface area contributed by atoms with E-state index in [-0.39, 0.29) is 12.1 Å². The third kappa shape index (κ3) is 3.75. The summed E-state index contributed by atoms with van der Waals surface area (Å²) in [6.45, 7) is 0.300. The van der Waals surface area contributed by atoms with Crippen LogP contribution in [0.1, 0.15) is 16.9 Å². The van der Waals surface area contributed by atoms with E-state index in [2.05, 4.69) is 9.98 Å². The van der Waals surface area contributed by atoms with Gasteiger partial charge in [0, 0.05) is 6.21 Å². The average molecular weight is 355 g/mol. The summed E-state index contributed by atoms with van der Waals surface area (Å²) in [5.41, 5.74) is -0.621. The Kier molecular flexibility index (Phi) is 5.02. The van der Waals surface area contributed by atoms with Crippen LogP contribution in [0.4, 0.5) is 0 Å². The Morgan fingerprint density at radius 1 is 1.27 bits per heavy atom. The maximum atomic E-state index is 12.0. The lowest BCUT2D eigenvalue weighted by Gasteiger charge is -2.07. The van der Waals surface area contributed by atoms with Crippen molar-refractivity contribution < 1.29 is 14.3 Å². The zero-order valence-corrected chi connectivity index (χ0v) is 14.0. The summed E-state index contributed by atoms with van der Waals surface area (Å²) in [6.07, 6.45) is 2.71. The molecule has 2 N–H and O–H groups in total. The number of nitrogens with one attached hydrogen (secondary N) is 1. The molecule has 0 radical (unpaired) electrons. The van der Waals surface area contributed by atoms with Crippen LogP contribution in [-0.4, -0.2) is 28.0 Å². The predicted octanol–water partition coefficient (Wildman–Crippen LogP) is 1.51. The lowest BCUT2D eigenvalue weighted by Crippen LogP contribution is -2.32. The molecule has 0 aliphatic carbocycles. The summed E-state index contributed by atoms with van der Waals surface area (Å²) < 4.78 is 11.3. The Morgan fingerprint density at radius 3 is 2.69 bits per heavy atom. The molecule has 0 saturated carbocycles. The normalized spacial score (nSPS) is 11.1. The Labute approximate surface area is 148 Å². The number of ether oxygens (including phenoxy) is 1. The number of aromatic hydroxyl groups is 1. The second kappa shape index (κ2) is 7.56. The molecule has 0 amide bonds. The Morgan fingerprint density at radius 2 is 2.04 bits per heavy atom. The lowest BCUT2D eigenvalue weighted by molar-refractivity contribution is 0.392. The van der Waals surface area contributed by atoms with Crippen molar-refractivity contribution in [2.45, 2.75) is 13.1 Å². The fourth-order valence-corrected chi connectivity index (χ4v) is 2.37. The standard InChI is InChI=1S/C18H17N3O5/c1-25-13-6-4-12(5-7-13)9-19-10-15-16(22)20-18(24)21(17(15)23)11-14-3-2-8-26-14/h2-8,10,23H,9,11H2,1H3,(H,20,22,24). The quantitative estimate of drug-likeness (QED) is 0.651. The van der Waals surface area contributed by atoms with E-state index in [4.69, 9.17) is 9.15 Å². The first kappa shape index (κ1) is 17.3. The Hall–Kier alpha value is -3.55. The molecule has 0 atom stereocenters. The van der Waals surface area contributed by atoms with E-state index in [9.17, 15) is 14.7 Å². The molecule has 26 heavy (non-hydrogen) atoms. The molecule has 2 aromatic heterocycles. The second-order valence-corrected chi connectivity index (χ2v) is 5.48. The highest BCUT2D eigenvalue weighted by Crippen LogP contribution is 2.13. The molecule has 2 heterocycles. The van der Waals surface area contributed by atoms with Gasteiger partial charge in [-0.3, -0.25) is 19.3 Å². The monoisotopic (exact) mass is 355 g/mol. The molecule has 0 saturated heterocycles. The van der Waals surface area contributed by atoms with Gasteiger partial charge in [0.15, 0.2) is 0 Å². The van der Waals surface area contributed by atoms with Gasteiger partial charge in [-0.15, -0.1) is 0 Å². The minimum atomic E-state index is -0.726. The van der Waals surface area contributed by atoms with Crippen molar-refractivity contribution in [3.05, 3.63) is 80.4 Å². The van der Waals surface area contributed by atoms with Gasteiger partial charge in [-0.05, 0) is 29.8 Å². The van der Waals surface area contributed by atoms with Gasteiger partial charge in [0.1, 0.15) is 17.1 Å². The van der Waals surface area contributed by atoms with Gasteiger partial charge in [0.25, 0.3) is 5.56 Å². The molecule has 3 rings (SSSR count). The zero-order chi connectivity index (χ0) is 18.5. The molecule has 3 aromatic rings. The van der Waals surface area contributed by atoms with E-state index in [1.807, 2.05) is 12.1 Å². The number of methoxy groups -OCH3 is 1. The van der Waals surface area contributed by atoms with E-state index in [1.54, 1.807) is 31.4 Å². The fourth-order valence-electron chi connectivity index (χ4n) is 2.37. The maximum absolute atomic E-state index is 12.0. The first-order chi connectivity index (χ1) is 12.6. The number of aromatic amines is 1. The van der Waals surface area contributed by atoms with E-state index in [1.165, 1.54) is 12.5 Å². The van der Waals surface area contributed by atoms with Gasteiger partial charge in [-0.25, -0.2) is 4.79 Å². The molecule has 0 unspecified atom stereocenters. The highest BCUT2D eigenvalue weighted by Gasteiger charge is 2.13. The number of aliphatic imine (C=N–C) groups is 1. The van der Waals surface area contributed by atoms with Crippen molar-refractivity contribution in [1.29, 1.82) is 0 Å². The number of hydrogen-bond donors (Lipinski definition) is 2.